The SMILES string of the molecule is CCCCC(C)NC(=O)c1ccn(-c2ccccc2N)n1. The number of nitrogens with one attached hydrogen (secondary N) is 1. The summed E-state index contributed by atoms with van der Waals surface area (Å²) in [5.74, 6) is -0.146. The highest BCUT2D eigenvalue weighted by molar-refractivity contribution is 5.92. The fourth-order valence-electron chi connectivity index (χ4n) is 2.16. The van der Waals surface area contributed by atoms with Gasteiger partial charge in [0, 0.05) is 12.2 Å². The van der Waals surface area contributed by atoms with E-state index in [0.29, 0.717) is 11.4 Å². The second-order valence-electron chi connectivity index (χ2n) is 5.22. The van der Waals surface area contributed by atoms with E-state index in [2.05, 4.69) is 17.3 Å². The molecule has 0 saturated heterocycles. The Morgan fingerprint density at radius 1 is 1.38 bits per heavy atom. The van der Waals surface area contributed by atoms with Crippen molar-refractivity contribution in [3.8, 4) is 5.69 Å². The van der Waals surface area contributed by atoms with Crippen LogP contribution in [-0.2, 0) is 0 Å². The summed E-state index contributed by atoms with van der Waals surface area (Å²) < 4.78 is 1.63. The number of nitrogens with zero attached hydrogens (tertiary/aromatic N) is 2. The van der Waals surface area contributed by atoms with E-state index in [1.807, 2.05) is 31.2 Å². The second kappa shape index (κ2) is 6.92. The first kappa shape index (κ1) is 15.1. The summed E-state index contributed by atoms with van der Waals surface area (Å²) >= 11 is 0. The quantitative estimate of drug-likeness (QED) is 0.802. The number of hydrogen-bond donors (Lipinski definition) is 2. The van der Waals surface area contributed by atoms with Gasteiger partial charge in [-0.2, -0.15) is 5.10 Å². The zero-order valence-electron chi connectivity index (χ0n) is 12.5. The van der Waals surface area contributed by atoms with Crippen molar-refractivity contribution in [1.82, 2.24) is 15.1 Å². The van der Waals surface area contributed by atoms with Crippen LogP contribution in [0.25, 0.3) is 5.69 Å². The van der Waals surface area contributed by atoms with E-state index in [4.69, 9.17) is 5.73 Å². The van der Waals surface area contributed by atoms with Gasteiger partial charge in [-0.1, -0.05) is 31.9 Å². The van der Waals surface area contributed by atoms with Gasteiger partial charge in [-0.05, 0) is 31.5 Å². The normalized spacial score (nSPS) is 12.1. The fraction of sp³-hybridized carbons (Fsp3) is 0.375. The third-order valence-electron chi connectivity index (χ3n) is 3.37. The molecule has 2 rings (SSSR count). The van der Waals surface area contributed by atoms with E-state index in [0.717, 1.165) is 24.9 Å². The molecule has 21 heavy (non-hydrogen) atoms. The van der Waals surface area contributed by atoms with Crippen LogP contribution in [0.2, 0.25) is 0 Å². The van der Waals surface area contributed by atoms with E-state index in [1.165, 1.54) is 0 Å². The minimum absolute atomic E-state index is 0.146. The number of unbranched alkanes of at least 4 members (excludes halogenated alkanes) is 1. The van der Waals surface area contributed by atoms with Gasteiger partial charge >= 0.3 is 0 Å². The van der Waals surface area contributed by atoms with Gasteiger partial charge in [0.2, 0.25) is 0 Å². The molecule has 0 spiro atoms. The lowest BCUT2D eigenvalue weighted by Crippen LogP contribution is -2.32. The molecule has 0 bridgehead atoms. The number of carbonyl (C=O) groups excluding carboxylic acids is 1. The highest BCUT2D eigenvalue weighted by Crippen LogP contribution is 2.15. The number of nitrogen functional groups attached to an aromatic ring is 1. The van der Waals surface area contributed by atoms with Crippen LogP contribution in [0.15, 0.2) is 36.5 Å². The van der Waals surface area contributed by atoms with Gasteiger partial charge in [0.05, 0.1) is 11.4 Å². The number of rotatable bonds is 6. The summed E-state index contributed by atoms with van der Waals surface area (Å²) in [6.07, 6.45) is 4.96. The minimum Gasteiger partial charge on any atom is -0.397 e. The standard InChI is InChI=1S/C16H22N4O/c1-3-4-7-12(2)18-16(21)14-10-11-20(19-14)15-9-6-5-8-13(15)17/h5-6,8-12H,3-4,7,17H2,1-2H3,(H,18,21). The molecule has 0 aliphatic rings. The van der Waals surface area contributed by atoms with Crippen molar-refractivity contribution < 1.29 is 4.79 Å². The molecule has 1 unspecified atom stereocenters. The zero-order chi connectivity index (χ0) is 15.2. The Hall–Kier alpha value is -2.30. The first-order valence-corrected chi connectivity index (χ1v) is 7.33. The van der Waals surface area contributed by atoms with Gasteiger partial charge in [0.15, 0.2) is 5.69 Å². The number of nitrogens with two attached hydrogens (primary N) is 1. The summed E-state index contributed by atoms with van der Waals surface area (Å²) in [6.45, 7) is 4.15. The number of para-hydroxylation sites is 2. The summed E-state index contributed by atoms with van der Waals surface area (Å²) in [5.41, 5.74) is 7.72. The van der Waals surface area contributed by atoms with Crippen LogP contribution in [0, 0.1) is 0 Å². The first-order chi connectivity index (χ1) is 10.1. The maximum Gasteiger partial charge on any atom is 0.271 e. The van der Waals surface area contributed by atoms with Gasteiger partial charge in [-0.3, -0.25) is 4.79 Å². The maximum atomic E-state index is 12.1. The summed E-state index contributed by atoms with van der Waals surface area (Å²) in [5, 5.41) is 7.26. The van der Waals surface area contributed by atoms with Crippen LogP contribution < -0.4 is 11.1 Å². The van der Waals surface area contributed by atoms with Crippen molar-refractivity contribution in [2.75, 3.05) is 5.73 Å². The fourth-order valence-corrected chi connectivity index (χ4v) is 2.16. The van der Waals surface area contributed by atoms with Crippen molar-refractivity contribution in [1.29, 1.82) is 0 Å². The summed E-state index contributed by atoms with van der Waals surface area (Å²) in [4.78, 5) is 12.1. The van der Waals surface area contributed by atoms with Crippen LogP contribution in [0.4, 0.5) is 5.69 Å². The Morgan fingerprint density at radius 2 is 2.14 bits per heavy atom. The first-order valence-electron chi connectivity index (χ1n) is 7.33. The van der Waals surface area contributed by atoms with Crippen LogP contribution in [0.5, 0.6) is 0 Å². The Kier molecular flexibility index (Phi) is 4.98. The lowest BCUT2D eigenvalue weighted by Gasteiger charge is -2.12. The molecule has 0 radical (unpaired) electrons. The predicted octanol–water partition coefficient (Wildman–Crippen LogP) is 2.76. The Labute approximate surface area is 125 Å². The molecular weight excluding hydrogens is 264 g/mol. The number of aromatic nitrogens is 2. The van der Waals surface area contributed by atoms with Crippen molar-refractivity contribution >= 4 is 11.6 Å². The Bertz CT molecular complexity index is 606. The molecule has 0 aliphatic carbocycles. The molecule has 0 aliphatic heterocycles. The second-order valence-corrected chi connectivity index (χ2v) is 5.22. The smallest absolute Gasteiger partial charge is 0.271 e. The monoisotopic (exact) mass is 286 g/mol. The van der Waals surface area contributed by atoms with Gasteiger partial charge in [-0.25, -0.2) is 4.68 Å². The molecule has 1 aromatic carbocycles. The predicted molar refractivity (Wildman–Crippen MR) is 84.4 cm³/mol. The number of anilines is 1. The molecule has 1 heterocycles. The van der Waals surface area contributed by atoms with Crippen LogP contribution in [-0.4, -0.2) is 21.7 Å². The molecule has 0 saturated carbocycles. The Balaban J connectivity index is 2.06. The third kappa shape index (κ3) is 3.84. The highest BCUT2D eigenvalue weighted by Gasteiger charge is 2.13. The number of benzene rings is 1. The summed E-state index contributed by atoms with van der Waals surface area (Å²) in [7, 11) is 0. The minimum atomic E-state index is -0.146. The van der Waals surface area contributed by atoms with Gasteiger partial charge in [-0.15, -0.1) is 0 Å². The van der Waals surface area contributed by atoms with E-state index in [1.54, 1.807) is 16.9 Å². The largest absolute Gasteiger partial charge is 0.397 e. The zero-order valence-corrected chi connectivity index (χ0v) is 12.5. The van der Waals surface area contributed by atoms with E-state index in [9.17, 15) is 4.79 Å². The van der Waals surface area contributed by atoms with Crippen LogP contribution >= 0.6 is 0 Å². The van der Waals surface area contributed by atoms with Crippen molar-refractivity contribution in [2.24, 2.45) is 0 Å². The lowest BCUT2D eigenvalue weighted by molar-refractivity contribution is 0.0932. The van der Waals surface area contributed by atoms with Gasteiger partial charge in [0.1, 0.15) is 0 Å². The molecule has 2 aromatic rings. The van der Waals surface area contributed by atoms with Crippen LogP contribution in [0.3, 0.4) is 0 Å². The van der Waals surface area contributed by atoms with Crippen molar-refractivity contribution in [3.63, 3.8) is 0 Å². The van der Waals surface area contributed by atoms with E-state index < -0.39 is 0 Å². The van der Waals surface area contributed by atoms with Gasteiger partial charge < -0.3 is 11.1 Å². The lowest BCUT2D eigenvalue weighted by atomic mass is 10.1. The molecular formula is C16H22N4O. The van der Waals surface area contributed by atoms with Gasteiger partial charge in [0.25, 0.3) is 5.91 Å². The van der Waals surface area contributed by atoms with Crippen molar-refractivity contribution in [3.05, 3.63) is 42.2 Å². The number of carbonyl (C=O) groups is 1. The third-order valence-corrected chi connectivity index (χ3v) is 3.37. The number of amides is 1. The van der Waals surface area contributed by atoms with Crippen molar-refractivity contribution in [2.45, 2.75) is 39.2 Å². The van der Waals surface area contributed by atoms with E-state index in [-0.39, 0.29) is 11.9 Å². The molecule has 1 aromatic heterocycles. The maximum absolute atomic E-state index is 12.1. The molecule has 5 nitrogen and oxygen atoms in total. The average Bonchev–Trinajstić information content (AvgIpc) is 2.95. The van der Waals surface area contributed by atoms with E-state index >= 15 is 0 Å². The summed E-state index contributed by atoms with van der Waals surface area (Å²) in [6, 6.07) is 9.29. The molecule has 1 amide bonds. The Morgan fingerprint density at radius 3 is 2.86 bits per heavy atom. The van der Waals surface area contributed by atoms with Crippen LogP contribution in [0.1, 0.15) is 43.6 Å². The molecule has 0 fully saturated rings. The average molecular weight is 286 g/mol. The molecule has 112 valence electrons. The highest BCUT2D eigenvalue weighted by atomic mass is 16.2. The molecule has 1 atom stereocenters. The topological polar surface area (TPSA) is 72.9 Å². The molecule has 3 N–H and O–H groups in total. The molecule has 5 heteroatoms. The number of hydrogen-bond acceptors (Lipinski definition) is 3.